The molecule has 2 N–H and O–H groups in total. The molecule has 0 saturated heterocycles. The molecule has 1 saturated carbocycles. The van der Waals surface area contributed by atoms with Gasteiger partial charge in [-0.15, -0.1) is 0 Å². The van der Waals surface area contributed by atoms with Crippen LogP contribution in [-0.4, -0.2) is 30.9 Å². The first-order valence-corrected chi connectivity index (χ1v) is 8.90. The van der Waals surface area contributed by atoms with E-state index in [1.165, 1.54) is 18.5 Å². The lowest BCUT2D eigenvalue weighted by Gasteiger charge is -2.22. The Morgan fingerprint density at radius 2 is 2.07 bits per heavy atom. The van der Waals surface area contributed by atoms with Gasteiger partial charge < -0.3 is 5.32 Å². The average Bonchev–Trinajstić information content (AvgIpc) is 3.12. The van der Waals surface area contributed by atoms with Gasteiger partial charge in [-0.25, -0.2) is 9.37 Å². The molecule has 0 atom stereocenters. The SMILES string of the molecule is CC(C)(C)n1nc(C(=O)Nc2ccc(-c3ncn[nH]3)cc2F)cc1C1CC1. The lowest BCUT2D eigenvalue weighted by Crippen LogP contribution is -2.25. The summed E-state index contributed by atoms with van der Waals surface area (Å²) in [6.07, 6.45) is 3.58. The number of aromatic amines is 1. The van der Waals surface area contributed by atoms with Gasteiger partial charge in [-0.05, 0) is 57.9 Å². The quantitative estimate of drug-likeness (QED) is 0.735. The van der Waals surface area contributed by atoms with Crippen molar-refractivity contribution in [1.29, 1.82) is 0 Å². The maximum atomic E-state index is 14.4. The summed E-state index contributed by atoms with van der Waals surface area (Å²) in [5, 5.41) is 13.5. The molecule has 27 heavy (non-hydrogen) atoms. The van der Waals surface area contributed by atoms with E-state index in [2.05, 4.69) is 46.4 Å². The minimum Gasteiger partial charge on any atom is -0.318 e. The summed E-state index contributed by atoms with van der Waals surface area (Å²) in [7, 11) is 0. The van der Waals surface area contributed by atoms with E-state index in [0.717, 1.165) is 18.5 Å². The molecule has 1 aliphatic carbocycles. The van der Waals surface area contributed by atoms with E-state index in [9.17, 15) is 9.18 Å². The van der Waals surface area contributed by atoms with Crippen molar-refractivity contribution in [3.63, 3.8) is 0 Å². The number of hydrogen-bond acceptors (Lipinski definition) is 4. The summed E-state index contributed by atoms with van der Waals surface area (Å²) in [5.41, 5.74) is 1.79. The highest BCUT2D eigenvalue weighted by Crippen LogP contribution is 2.41. The molecule has 8 heteroatoms. The van der Waals surface area contributed by atoms with Gasteiger partial charge in [0.2, 0.25) is 0 Å². The summed E-state index contributed by atoms with van der Waals surface area (Å²) >= 11 is 0. The summed E-state index contributed by atoms with van der Waals surface area (Å²) in [4.78, 5) is 16.6. The number of anilines is 1. The van der Waals surface area contributed by atoms with E-state index in [1.54, 1.807) is 6.07 Å². The van der Waals surface area contributed by atoms with Gasteiger partial charge in [-0.3, -0.25) is 14.6 Å². The Kier molecular flexibility index (Phi) is 4.05. The first-order valence-electron chi connectivity index (χ1n) is 8.90. The second kappa shape index (κ2) is 6.29. The topological polar surface area (TPSA) is 88.5 Å². The molecule has 2 heterocycles. The van der Waals surface area contributed by atoms with Gasteiger partial charge in [0, 0.05) is 17.2 Å². The van der Waals surface area contributed by atoms with E-state index in [0.29, 0.717) is 23.0 Å². The molecule has 0 spiro atoms. The Bertz CT molecular complexity index is 982. The number of benzene rings is 1. The van der Waals surface area contributed by atoms with Crippen molar-refractivity contribution in [2.75, 3.05) is 5.32 Å². The van der Waals surface area contributed by atoms with Gasteiger partial charge in [0.1, 0.15) is 12.1 Å². The number of carbonyl (C=O) groups is 1. The van der Waals surface area contributed by atoms with E-state index in [-0.39, 0.29) is 11.2 Å². The molecule has 1 aromatic carbocycles. The monoisotopic (exact) mass is 368 g/mol. The molecule has 140 valence electrons. The minimum atomic E-state index is -0.546. The molecule has 7 nitrogen and oxygen atoms in total. The number of aromatic nitrogens is 5. The fourth-order valence-corrected chi connectivity index (χ4v) is 3.01. The van der Waals surface area contributed by atoms with E-state index < -0.39 is 11.7 Å². The van der Waals surface area contributed by atoms with Crippen LogP contribution in [0.25, 0.3) is 11.4 Å². The first kappa shape index (κ1) is 17.4. The van der Waals surface area contributed by atoms with E-state index in [4.69, 9.17) is 0 Å². The van der Waals surface area contributed by atoms with Crippen LogP contribution in [0, 0.1) is 5.82 Å². The van der Waals surface area contributed by atoms with Crippen LogP contribution >= 0.6 is 0 Å². The van der Waals surface area contributed by atoms with Gasteiger partial charge in [0.25, 0.3) is 5.91 Å². The molecule has 0 bridgehead atoms. The van der Waals surface area contributed by atoms with Crippen molar-refractivity contribution in [3.8, 4) is 11.4 Å². The standard InChI is InChI=1S/C19H21FN6O/c1-19(2,3)26-16(11-4-5-11)9-15(25-26)18(27)23-14-7-6-12(8-13(14)20)17-21-10-22-24-17/h6-11H,4-5H2,1-3H3,(H,23,27)(H,21,22,24). The second-order valence-corrected chi connectivity index (χ2v) is 7.79. The molecule has 1 amide bonds. The fraction of sp³-hybridized carbons (Fsp3) is 0.368. The largest absolute Gasteiger partial charge is 0.318 e. The van der Waals surface area contributed by atoms with Gasteiger partial charge in [-0.2, -0.15) is 10.2 Å². The summed E-state index contributed by atoms with van der Waals surface area (Å²) in [6.45, 7) is 6.15. The van der Waals surface area contributed by atoms with Crippen LogP contribution in [0.15, 0.2) is 30.6 Å². The normalized spacial score (nSPS) is 14.4. The van der Waals surface area contributed by atoms with Crippen molar-refractivity contribution in [2.24, 2.45) is 0 Å². The van der Waals surface area contributed by atoms with Crippen LogP contribution in [0.3, 0.4) is 0 Å². The van der Waals surface area contributed by atoms with E-state index >= 15 is 0 Å². The number of hydrogen-bond donors (Lipinski definition) is 2. The Labute approximate surface area is 156 Å². The van der Waals surface area contributed by atoms with Crippen LogP contribution in [-0.2, 0) is 5.54 Å². The molecule has 2 aromatic heterocycles. The van der Waals surface area contributed by atoms with Gasteiger partial charge in [0.05, 0.1) is 11.2 Å². The lowest BCUT2D eigenvalue weighted by atomic mass is 10.1. The van der Waals surface area contributed by atoms with Crippen LogP contribution in [0.2, 0.25) is 0 Å². The molecule has 1 aliphatic rings. The van der Waals surface area contributed by atoms with Crippen molar-refractivity contribution < 1.29 is 9.18 Å². The van der Waals surface area contributed by atoms with Crippen molar-refractivity contribution in [2.45, 2.75) is 45.1 Å². The number of rotatable bonds is 4. The van der Waals surface area contributed by atoms with Crippen molar-refractivity contribution in [3.05, 3.63) is 47.8 Å². The predicted molar refractivity (Wildman–Crippen MR) is 98.9 cm³/mol. The van der Waals surface area contributed by atoms with Crippen molar-refractivity contribution in [1.82, 2.24) is 25.0 Å². The van der Waals surface area contributed by atoms with Crippen molar-refractivity contribution >= 4 is 11.6 Å². The summed E-state index contributed by atoms with van der Waals surface area (Å²) in [5.74, 6) is -0.0536. The highest BCUT2D eigenvalue weighted by Gasteiger charge is 2.32. The minimum absolute atomic E-state index is 0.0987. The van der Waals surface area contributed by atoms with E-state index in [1.807, 2.05) is 10.7 Å². The van der Waals surface area contributed by atoms with Crippen LogP contribution in [0.1, 0.15) is 55.7 Å². The zero-order chi connectivity index (χ0) is 19.2. The average molecular weight is 368 g/mol. The summed E-state index contributed by atoms with van der Waals surface area (Å²) < 4.78 is 16.3. The number of H-pyrrole nitrogens is 1. The van der Waals surface area contributed by atoms with Crippen LogP contribution < -0.4 is 5.32 Å². The highest BCUT2D eigenvalue weighted by molar-refractivity contribution is 6.03. The van der Waals surface area contributed by atoms with Gasteiger partial charge >= 0.3 is 0 Å². The number of halogens is 1. The Hall–Kier alpha value is -3.03. The highest BCUT2D eigenvalue weighted by atomic mass is 19.1. The summed E-state index contributed by atoms with van der Waals surface area (Å²) in [6, 6.07) is 6.30. The number of nitrogens with zero attached hydrogens (tertiary/aromatic N) is 4. The number of amides is 1. The smallest absolute Gasteiger partial charge is 0.276 e. The molecule has 1 fully saturated rings. The Morgan fingerprint density at radius 1 is 1.30 bits per heavy atom. The first-order chi connectivity index (χ1) is 12.8. The van der Waals surface area contributed by atoms with Gasteiger partial charge in [0.15, 0.2) is 11.5 Å². The third-order valence-corrected chi connectivity index (χ3v) is 4.51. The molecule has 0 aliphatic heterocycles. The van der Waals surface area contributed by atoms with Crippen LogP contribution in [0.5, 0.6) is 0 Å². The van der Waals surface area contributed by atoms with Gasteiger partial charge in [-0.1, -0.05) is 0 Å². The molecule has 3 aromatic rings. The lowest BCUT2D eigenvalue weighted by molar-refractivity contribution is 0.102. The number of nitrogens with one attached hydrogen (secondary N) is 2. The predicted octanol–water partition coefficient (Wildman–Crippen LogP) is 3.69. The number of carbonyl (C=O) groups excluding carboxylic acids is 1. The second-order valence-electron chi connectivity index (χ2n) is 7.79. The molecular weight excluding hydrogens is 347 g/mol. The fourth-order valence-electron chi connectivity index (χ4n) is 3.01. The Morgan fingerprint density at radius 3 is 2.67 bits per heavy atom. The molecule has 0 unspecified atom stereocenters. The third-order valence-electron chi connectivity index (χ3n) is 4.51. The molecular formula is C19H21FN6O. The van der Waals surface area contributed by atoms with Crippen LogP contribution in [0.4, 0.5) is 10.1 Å². The maximum Gasteiger partial charge on any atom is 0.276 e. The zero-order valence-corrected chi connectivity index (χ0v) is 15.5. The Balaban J connectivity index is 1.58. The maximum absolute atomic E-state index is 14.4. The zero-order valence-electron chi connectivity index (χ0n) is 15.5. The molecule has 0 radical (unpaired) electrons. The third kappa shape index (κ3) is 3.47. The molecule has 4 rings (SSSR count).